The summed E-state index contributed by atoms with van der Waals surface area (Å²) in [6, 6.07) is -0.316. The first kappa shape index (κ1) is 15.4. The highest BCUT2D eigenvalue weighted by Gasteiger charge is 2.39. The minimum absolute atomic E-state index is 0.198. The van der Waals surface area contributed by atoms with Crippen molar-refractivity contribution < 1.29 is 14.7 Å². The van der Waals surface area contributed by atoms with Gasteiger partial charge in [-0.25, -0.2) is 4.79 Å². The van der Waals surface area contributed by atoms with Crippen LogP contribution in [0, 0.1) is 17.8 Å². The van der Waals surface area contributed by atoms with Gasteiger partial charge < -0.3 is 15.7 Å². The minimum atomic E-state index is -0.806. The topological polar surface area (TPSA) is 78.4 Å². The smallest absolute Gasteiger partial charge is 0.314 e. The summed E-state index contributed by atoms with van der Waals surface area (Å²) >= 11 is 0. The summed E-state index contributed by atoms with van der Waals surface area (Å²) in [6.45, 7) is 0.708. The Morgan fingerprint density at radius 1 is 1.21 bits per heavy atom. The summed E-state index contributed by atoms with van der Waals surface area (Å²) in [5.41, 5.74) is -0.783. The Morgan fingerprint density at radius 3 is 2.47 bits per heavy atom. The zero-order chi connectivity index (χ0) is 14.1. The molecule has 5 heteroatoms. The van der Waals surface area contributed by atoms with Crippen LogP contribution in [0.4, 0.5) is 4.79 Å². The van der Waals surface area contributed by atoms with Gasteiger partial charge in [0.1, 0.15) is 0 Å². The van der Waals surface area contributed by atoms with Gasteiger partial charge in [-0.2, -0.15) is 0 Å². The van der Waals surface area contributed by atoms with Crippen LogP contribution in [-0.2, 0) is 4.79 Å². The standard InChI is InChI=1S/C14H22N2O3/c1-2-3-7-10-15-13(19)16-11-14(12(17)18)8-5-4-6-9-14/h1H,3-11H2,(H,17,18)(H2,15,16,19). The van der Waals surface area contributed by atoms with Crippen LogP contribution in [0.3, 0.4) is 0 Å². The molecule has 0 aromatic heterocycles. The second-order valence-electron chi connectivity index (χ2n) is 5.06. The summed E-state index contributed by atoms with van der Waals surface area (Å²) in [5.74, 6) is 1.69. The Morgan fingerprint density at radius 2 is 1.89 bits per heavy atom. The van der Waals surface area contributed by atoms with E-state index in [9.17, 15) is 14.7 Å². The van der Waals surface area contributed by atoms with E-state index in [-0.39, 0.29) is 12.6 Å². The molecular weight excluding hydrogens is 244 g/mol. The first-order chi connectivity index (χ1) is 9.10. The molecule has 0 saturated heterocycles. The van der Waals surface area contributed by atoms with Crippen LogP contribution in [0.25, 0.3) is 0 Å². The normalized spacial score (nSPS) is 17.2. The Balaban J connectivity index is 2.34. The minimum Gasteiger partial charge on any atom is -0.481 e. The van der Waals surface area contributed by atoms with Crippen molar-refractivity contribution in [3.05, 3.63) is 0 Å². The molecule has 0 heterocycles. The van der Waals surface area contributed by atoms with Gasteiger partial charge >= 0.3 is 12.0 Å². The number of hydrogen-bond acceptors (Lipinski definition) is 2. The van der Waals surface area contributed by atoms with Gasteiger partial charge in [-0.3, -0.25) is 4.79 Å². The number of carbonyl (C=O) groups is 2. The molecule has 2 amide bonds. The Hall–Kier alpha value is -1.70. The molecule has 5 nitrogen and oxygen atoms in total. The van der Waals surface area contributed by atoms with Gasteiger partial charge in [-0.15, -0.1) is 12.3 Å². The number of carbonyl (C=O) groups excluding carboxylic acids is 1. The van der Waals surface area contributed by atoms with Gasteiger partial charge in [0.05, 0.1) is 5.41 Å². The molecule has 0 radical (unpaired) electrons. The molecule has 1 aliphatic rings. The molecule has 1 fully saturated rings. The van der Waals surface area contributed by atoms with Crippen LogP contribution < -0.4 is 10.6 Å². The fourth-order valence-corrected chi connectivity index (χ4v) is 2.40. The average molecular weight is 266 g/mol. The molecule has 3 N–H and O–H groups in total. The molecule has 19 heavy (non-hydrogen) atoms. The summed E-state index contributed by atoms with van der Waals surface area (Å²) in [4.78, 5) is 22.9. The van der Waals surface area contributed by atoms with Gasteiger partial charge in [0.25, 0.3) is 0 Å². The molecule has 0 bridgehead atoms. The van der Waals surface area contributed by atoms with Crippen LogP contribution in [0.1, 0.15) is 44.9 Å². The molecule has 0 unspecified atom stereocenters. The third-order valence-electron chi connectivity index (χ3n) is 3.64. The molecule has 1 saturated carbocycles. The molecular formula is C14H22N2O3. The lowest BCUT2D eigenvalue weighted by Gasteiger charge is -2.33. The number of amides is 2. The molecule has 0 aliphatic heterocycles. The molecule has 0 aromatic rings. The van der Waals surface area contributed by atoms with Crippen molar-refractivity contribution in [3.63, 3.8) is 0 Å². The highest BCUT2D eigenvalue weighted by atomic mass is 16.4. The van der Waals surface area contributed by atoms with E-state index in [4.69, 9.17) is 6.42 Å². The van der Waals surface area contributed by atoms with Gasteiger partial charge in [0.2, 0.25) is 0 Å². The number of nitrogens with one attached hydrogen (secondary N) is 2. The van der Waals surface area contributed by atoms with E-state index in [0.29, 0.717) is 25.8 Å². The van der Waals surface area contributed by atoms with Crippen molar-refractivity contribution in [3.8, 4) is 12.3 Å². The van der Waals surface area contributed by atoms with Crippen molar-refractivity contribution in [2.75, 3.05) is 13.1 Å². The van der Waals surface area contributed by atoms with Gasteiger partial charge in [-0.05, 0) is 19.3 Å². The second-order valence-corrected chi connectivity index (χ2v) is 5.06. The van der Waals surface area contributed by atoms with E-state index < -0.39 is 11.4 Å². The van der Waals surface area contributed by atoms with Crippen LogP contribution >= 0.6 is 0 Å². The number of urea groups is 1. The molecule has 106 valence electrons. The Bertz CT molecular complexity index is 354. The van der Waals surface area contributed by atoms with Crippen LogP contribution in [0.2, 0.25) is 0 Å². The lowest BCUT2D eigenvalue weighted by atomic mass is 9.74. The monoisotopic (exact) mass is 266 g/mol. The quantitative estimate of drug-likeness (QED) is 0.506. The fourth-order valence-electron chi connectivity index (χ4n) is 2.40. The van der Waals surface area contributed by atoms with E-state index in [0.717, 1.165) is 25.7 Å². The van der Waals surface area contributed by atoms with E-state index >= 15 is 0 Å². The maximum absolute atomic E-state index is 11.5. The Kier molecular flexibility index (Phi) is 6.20. The third kappa shape index (κ3) is 4.82. The van der Waals surface area contributed by atoms with E-state index in [1.807, 2.05) is 0 Å². The lowest BCUT2D eigenvalue weighted by Crippen LogP contribution is -2.47. The fraction of sp³-hybridized carbons (Fsp3) is 0.714. The number of terminal acetylenes is 1. The maximum atomic E-state index is 11.5. The predicted octanol–water partition coefficient (Wildman–Crippen LogP) is 1.73. The predicted molar refractivity (Wildman–Crippen MR) is 72.6 cm³/mol. The largest absolute Gasteiger partial charge is 0.481 e. The van der Waals surface area contributed by atoms with Crippen LogP contribution in [0.5, 0.6) is 0 Å². The molecule has 0 aromatic carbocycles. The van der Waals surface area contributed by atoms with Crippen molar-refractivity contribution in [1.82, 2.24) is 10.6 Å². The van der Waals surface area contributed by atoms with Crippen molar-refractivity contribution in [1.29, 1.82) is 0 Å². The summed E-state index contributed by atoms with van der Waals surface area (Å²) in [7, 11) is 0. The summed E-state index contributed by atoms with van der Waals surface area (Å²) in [5, 5.41) is 14.7. The highest BCUT2D eigenvalue weighted by molar-refractivity contribution is 5.78. The molecule has 1 rings (SSSR count). The molecule has 1 aliphatic carbocycles. The first-order valence-electron chi connectivity index (χ1n) is 6.79. The number of aliphatic carboxylic acids is 1. The molecule has 0 spiro atoms. The third-order valence-corrected chi connectivity index (χ3v) is 3.64. The number of carboxylic acids is 1. The summed E-state index contributed by atoms with van der Waals surface area (Å²) < 4.78 is 0. The lowest BCUT2D eigenvalue weighted by molar-refractivity contribution is -0.150. The van der Waals surface area contributed by atoms with Crippen LogP contribution in [0.15, 0.2) is 0 Å². The van der Waals surface area contributed by atoms with Crippen molar-refractivity contribution >= 4 is 12.0 Å². The van der Waals surface area contributed by atoms with Gasteiger partial charge in [0.15, 0.2) is 0 Å². The number of rotatable bonds is 6. The average Bonchev–Trinajstić information content (AvgIpc) is 2.42. The number of unbranched alkanes of at least 4 members (excludes halogenated alkanes) is 1. The molecule has 0 atom stereocenters. The van der Waals surface area contributed by atoms with E-state index in [1.165, 1.54) is 0 Å². The number of carboxylic acid groups (broad SMARTS) is 1. The Labute approximate surface area is 114 Å². The zero-order valence-electron chi connectivity index (χ0n) is 11.2. The van der Waals surface area contributed by atoms with E-state index in [1.54, 1.807) is 0 Å². The van der Waals surface area contributed by atoms with Crippen molar-refractivity contribution in [2.24, 2.45) is 5.41 Å². The van der Waals surface area contributed by atoms with Crippen molar-refractivity contribution in [2.45, 2.75) is 44.9 Å². The SMILES string of the molecule is C#CCCCNC(=O)NCC1(C(=O)O)CCCCC1. The van der Waals surface area contributed by atoms with Gasteiger partial charge in [-0.1, -0.05) is 19.3 Å². The van der Waals surface area contributed by atoms with Crippen LogP contribution in [-0.4, -0.2) is 30.2 Å². The van der Waals surface area contributed by atoms with Gasteiger partial charge in [0, 0.05) is 19.5 Å². The van der Waals surface area contributed by atoms with E-state index in [2.05, 4.69) is 16.6 Å². The number of hydrogen-bond donors (Lipinski definition) is 3. The maximum Gasteiger partial charge on any atom is 0.314 e. The first-order valence-corrected chi connectivity index (χ1v) is 6.79. The highest BCUT2D eigenvalue weighted by Crippen LogP contribution is 2.35. The summed E-state index contributed by atoms with van der Waals surface area (Å²) in [6.07, 6.45) is 10.6. The second kappa shape index (κ2) is 7.67. The zero-order valence-corrected chi connectivity index (χ0v) is 11.2.